The van der Waals surface area contributed by atoms with E-state index in [1.807, 2.05) is 13.8 Å². The largest absolute Gasteiger partial charge is 0.507 e. The van der Waals surface area contributed by atoms with Crippen molar-refractivity contribution in [1.82, 2.24) is 14.5 Å². The number of halogens is 1. The van der Waals surface area contributed by atoms with Gasteiger partial charge in [-0.2, -0.15) is 4.39 Å². The summed E-state index contributed by atoms with van der Waals surface area (Å²) in [5.41, 5.74) is 0.682. The molecule has 0 aliphatic carbocycles. The average molecular weight is 355 g/mol. The maximum absolute atomic E-state index is 13.7. The normalized spacial score (nSPS) is 10.9. The summed E-state index contributed by atoms with van der Waals surface area (Å²) in [4.78, 5) is 19.5. The number of phenolic OH excluding ortho intramolecular Hbond substituents is 1. The quantitative estimate of drug-likeness (QED) is 0.540. The summed E-state index contributed by atoms with van der Waals surface area (Å²) in [6.07, 6.45) is 3.87. The summed E-state index contributed by atoms with van der Waals surface area (Å²) in [6, 6.07) is 7.38. The van der Waals surface area contributed by atoms with Crippen LogP contribution in [-0.2, 0) is 6.61 Å². The topological polar surface area (TPSA) is 77.2 Å². The summed E-state index contributed by atoms with van der Waals surface area (Å²) in [5.74, 6) is 0.709. The summed E-state index contributed by atoms with van der Waals surface area (Å²) in [6.45, 7) is 4.01. The highest BCUT2D eigenvalue weighted by atomic mass is 19.1. The van der Waals surface area contributed by atoms with Crippen LogP contribution < -0.4 is 4.74 Å². The van der Waals surface area contributed by atoms with E-state index in [2.05, 4.69) is 9.97 Å². The van der Waals surface area contributed by atoms with Gasteiger partial charge < -0.3 is 9.84 Å². The molecule has 0 radical (unpaired) electrons. The molecule has 7 heteroatoms. The van der Waals surface area contributed by atoms with Crippen molar-refractivity contribution in [2.75, 3.05) is 0 Å². The van der Waals surface area contributed by atoms with E-state index in [0.717, 1.165) is 5.82 Å². The van der Waals surface area contributed by atoms with Gasteiger partial charge in [0, 0.05) is 23.9 Å². The van der Waals surface area contributed by atoms with Crippen LogP contribution in [0.15, 0.2) is 42.7 Å². The van der Waals surface area contributed by atoms with Crippen LogP contribution >= 0.6 is 0 Å². The van der Waals surface area contributed by atoms with Gasteiger partial charge in [0.25, 0.3) is 0 Å². The number of rotatable bonds is 6. The number of pyridine rings is 1. The maximum atomic E-state index is 13.7. The molecule has 0 aliphatic heterocycles. The van der Waals surface area contributed by atoms with E-state index >= 15 is 0 Å². The highest BCUT2D eigenvalue weighted by Crippen LogP contribution is 2.27. The minimum absolute atomic E-state index is 0.0443. The minimum atomic E-state index is -0.613. The molecular formula is C19H18FN3O3. The van der Waals surface area contributed by atoms with Crippen LogP contribution in [0, 0.1) is 5.95 Å². The Bertz CT molecular complexity index is 938. The SMILES string of the molecule is CC(C)c1nccn1-c1nc(F)ccc1COc1cccc(O)c1C=O. The van der Waals surface area contributed by atoms with Crippen LogP contribution in [0.5, 0.6) is 11.5 Å². The lowest BCUT2D eigenvalue weighted by Gasteiger charge is -2.15. The first-order valence-electron chi connectivity index (χ1n) is 8.10. The standard InChI is InChI=1S/C19H18FN3O3/c1-12(2)18-21-8-9-23(18)19-13(6-7-17(20)22-19)11-26-16-5-3-4-15(25)14(16)10-24/h3-10,12,25H,11H2,1-2H3. The highest BCUT2D eigenvalue weighted by Gasteiger charge is 2.16. The molecule has 26 heavy (non-hydrogen) atoms. The van der Waals surface area contributed by atoms with E-state index in [4.69, 9.17) is 4.74 Å². The molecule has 134 valence electrons. The van der Waals surface area contributed by atoms with Crippen molar-refractivity contribution in [2.45, 2.75) is 26.4 Å². The predicted molar refractivity (Wildman–Crippen MR) is 93.2 cm³/mol. The Kier molecular flexibility index (Phi) is 4.97. The number of carbonyl (C=O) groups is 1. The van der Waals surface area contributed by atoms with Gasteiger partial charge in [0.1, 0.15) is 29.7 Å². The maximum Gasteiger partial charge on any atom is 0.214 e. The molecule has 2 aromatic heterocycles. The summed E-state index contributed by atoms with van der Waals surface area (Å²) < 4.78 is 21.1. The van der Waals surface area contributed by atoms with Crippen LogP contribution in [0.3, 0.4) is 0 Å². The summed E-state index contributed by atoms with van der Waals surface area (Å²) in [5, 5.41) is 9.74. The zero-order valence-electron chi connectivity index (χ0n) is 14.4. The second-order valence-corrected chi connectivity index (χ2v) is 6.02. The molecule has 0 fully saturated rings. The number of phenols is 1. The van der Waals surface area contributed by atoms with Crippen molar-refractivity contribution >= 4 is 6.29 Å². The molecule has 0 unspecified atom stereocenters. The van der Waals surface area contributed by atoms with Crippen LogP contribution in [0.2, 0.25) is 0 Å². The third-order valence-corrected chi connectivity index (χ3v) is 3.88. The Labute approximate surface area is 149 Å². The molecule has 0 aliphatic rings. The van der Waals surface area contributed by atoms with Crippen LogP contribution in [-0.4, -0.2) is 25.9 Å². The predicted octanol–water partition coefficient (Wildman–Crippen LogP) is 3.63. The minimum Gasteiger partial charge on any atom is -0.507 e. The molecule has 0 saturated heterocycles. The highest BCUT2D eigenvalue weighted by molar-refractivity contribution is 5.83. The van der Waals surface area contributed by atoms with Gasteiger partial charge in [-0.3, -0.25) is 9.36 Å². The second-order valence-electron chi connectivity index (χ2n) is 6.02. The number of nitrogens with zero attached hydrogens (tertiary/aromatic N) is 3. The van der Waals surface area contributed by atoms with Crippen molar-refractivity contribution in [3.05, 3.63) is 65.6 Å². The van der Waals surface area contributed by atoms with E-state index in [1.165, 1.54) is 12.1 Å². The number of hydrogen-bond donors (Lipinski definition) is 1. The monoisotopic (exact) mass is 355 g/mol. The van der Waals surface area contributed by atoms with E-state index < -0.39 is 5.95 Å². The number of ether oxygens (including phenoxy) is 1. The Morgan fingerprint density at radius 2 is 2.12 bits per heavy atom. The van der Waals surface area contributed by atoms with Gasteiger partial charge >= 0.3 is 0 Å². The van der Waals surface area contributed by atoms with Crippen molar-refractivity contribution in [2.24, 2.45) is 0 Å². The number of aldehydes is 1. The molecule has 6 nitrogen and oxygen atoms in total. The lowest BCUT2D eigenvalue weighted by atomic mass is 10.2. The molecule has 0 saturated carbocycles. The molecule has 0 atom stereocenters. The number of aromatic nitrogens is 3. The van der Waals surface area contributed by atoms with Crippen molar-refractivity contribution in [1.29, 1.82) is 0 Å². The molecule has 1 aromatic carbocycles. The zero-order chi connectivity index (χ0) is 18.7. The van der Waals surface area contributed by atoms with Crippen molar-refractivity contribution in [3.8, 4) is 17.3 Å². The van der Waals surface area contributed by atoms with Crippen LogP contribution in [0.1, 0.15) is 41.5 Å². The first-order chi connectivity index (χ1) is 12.5. The van der Waals surface area contributed by atoms with E-state index in [0.29, 0.717) is 17.7 Å². The molecule has 2 heterocycles. The number of hydrogen-bond acceptors (Lipinski definition) is 5. The molecule has 0 spiro atoms. The van der Waals surface area contributed by atoms with E-state index in [9.17, 15) is 14.3 Å². The van der Waals surface area contributed by atoms with Gasteiger partial charge in [-0.05, 0) is 24.3 Å². The molecule has 3 aromatic rings. The first kappa shape index (κ1) is 17.6. The van der Waals surface area contributed by atoms with E-state index in [1.54, 1.807) is 35.2 Å². The van der Waals surface area contributed by atoms with Gasteiger partial charge in [-0.25, -0.2) is 9.97 Å². The molecule has 1 N–H and O–H groups in total. The number of benzene rings is 1. The Morgan fingerprint density at radius 1 is 1.31 bits per heavy atom. The first-order valence-corrected chi connectivity index (χ1v) is 8.10. The average Bonchev–Trinajstić information content (AvgIpc) is 3.10. The zero-order valence-corrected chi connectivity index (χ0v) is 14.4. The fourth-order valence-corrected chi connectivity index (χ4v) is 2.63. The summed E-state index contributed by atoms with van der Waals surface area (Å²) in [7, 11) is 0. The van der Waals surface area contributed by atoms with Gasteiger partial charge in [0.15, 0.2) is 6.29 Å². The molecule has 0 bridgehead atoms. The third-order valence-electron chi connectivity index (χ3n) is 3.88. The fraction of sp³-hybridized carbons (Fsp3) is 0.211. The van der Waals surface area contributed by atoms with Crippen molar-refractivity contribution in [3.63, 3.8) is 0 Å². The number of imidazole rings is 1. The van der Waals surface area contributed by atoms with E-state index in [-0.39, 0.29) is 29.6 Å². The van der Waals surface area contributed by atoms with Crippen LogP contribution in [0.4, 0.5) is 4.39 Å². The molecule has 3 rings (SSSR count). The Balaban J connectivity index is 1.96. The lowest BCUT2D eigenvalue weighted by Crippen LogP contribution is -2.10. The molecular weight excluding hydrogens is 337 g/mol. The smallest absolute Gasteiger partial charge is 0.214 e. The molecule has 0 amide bonds. The van der Waals surface area contributed by atoms with Gasteiger partial charge in [-0.1, -0.05) is 19.9 Å². The third kappa shape index (κ3) is 3.42. The second kappa shape index (κ2) is 7.35. The summed E-state index contributed by atoms with van der Waals surface area (Å²) >= 11 is 0. The van der Waals surface area contributed by atoms with Crippen LogP contribution in [0.25, 0.3) is 5.82 Å². The van der Waals surface area contributed by atoms with Crippen molar-refractivity contribution < 1.29 is 19.0 Å². The fourth-order valence-electron chi connectivity index (χ4n) is 2.63. The number of carbonyl (C=O) groups excluding carboxylic acids is 1. The number of aromatic hydroxyl groups is 1. The Hall–Kier alpha value is -3.22. The van der Waals surface area contributed by atoms with Gasteiger partial charge in [0.2, 0.25) is 5.95 Å². The van der Waals surface area contributed by atoms with Gasteiger partial charge in [-0.15, -0.1) is 0 Å². The lowest BCUT2D eigenvalue weighted by molar-refractivity contribution is 0.111. The Morgan fingerprint density at radius 3 is 2.85 bits per heavy atom. The van der Waals surface area contributed by atoms with Gasteiger partial charge in [0.05, 0.1) is 5.56 Å².